The molecule has 0 bridgehead atoms. The summed E-state index contributed by atoms with van der Waals surface area (Å²) in [6, 6.07) is 0. The van der Waals surface area contributed by atoms with Crippen molar-refractivity contribution < 1.29 is 0 Å². The van der Waals surface area contributed by atoms with Crippen LogP contribution in [0.3, 0.4) is 0 Å². The van der Waals surface area contributed by atoms with Crippen molar-refractivity contribution in [2.45, 2.75) is 72.8 Å². The number of anilines is 1. The Bertz CT molecular complexity index is 401. The molecule has 0 spiro atoms. The van der Waals surface area contributed by atoms with E-state index < -0.39 is 0 Å². The standard InChI is InChI=1S/C17H33N3S/c1-7-10-18-13-14-15(17(4,5)6)19-16(21-14)20(11-8-2)12-9-3/h18H,7-13H2,1-6H3. The molecular weight excluding hydrogens is 278 g/mol. The maximum Gasteiger partial charge on any atom is 0.185 e. The highest BCUT2D eigenvalue weighted by atomic mass is 32.1. The normalized spacial score (nSPS) is 11.9. The van der Waals surface area contributed by atoms with Gasteiger partial charge in [-0.3, -0.25) is 0 Å². The first-order chi connectivity index (χ1) is 9.93. The highest BCUT2D eigenvalue weighted by Gasteiger charge is 2.24. The molecule has 0 saturated heterocycles. The summed E-state index contributed by atoms with van der Waals surface area (Å²) >= 11 is 1.88. The molecule has 1 rings (SSSR count). The summed E-state index contributed by atoms with van der Waals surface area (Å²) < 4.78 is 0. The van der Waals surface area contributed by atoms with E-state index in [0.29, 0.717) is 0 Å². The summed E-state index contributed by atoms with van der Waals surface area (Å²) in [5.74, 6) is 0. The van der Waals surface area contributed by atoms with Crippen LogP contribution in [-0.4, -0.2) is 24.6 Å². The van der Waals surface area contributed by atoms with Gasteiger partial charge in [0, 0.05) is 29.9 Å². The van der Waals surface area contributed by atoms with E-state index in [-0.39, 0.29) is 5.41 Å². The van der Waals surface area contributed by atoms with E-state index in [4.69, 9.17) is 4.98 Å². The summed E-state index contributed by atoms with van der Waals surface area (Å²) in [6.07, 6.45) is 3.52. The summed E-state index contributed by atoms with van der Waals surface area (Å²) in [5.41, 5.74) is 1.38. The van der Waals surface area contributed by atoms with Crippen LogP contribution in [0.25, 0.3) is 0 Å². The Hall–Kier alpha value is -0.610. The van der Waals surface area contributed by atoms with E-state index in [9.17, 15) is 0 Å². The molecule has 0 aliphatic heterocycles. The van der Waals surface area contributed by atoms with E-state index >= 15 is 0 Å². The van der Waals surface area contributed by atoms with Gasteiger partial charge in [0.2, 0.25) is 0 Å². The first-order valence-electron chi connectivity index (χ1n) is 8.39. The summed E-state index contributed by atoms with van der Waals surface area (Å²) in [6.45, 7) is 17.7. The Morgan fingerprint density at radius 3 is 2.14 bits per heavy atom. The van der Waals surface area contributed by atoms with Gasteiger partial charge < -0.3 is 10.2 Å². The van der Waals surface area contributed by atoms with E-state index in [1.165, 1.54) is 35.0 Å². The van der Waals surface area contributed by atoms with Crippen molar-refractivity contribution in [2.75, 3.05) is 24.5 Å². The minimum absolute atomic E-state index is 0.113. The first-order valence-corrected chi connectivity index (χ1v) is 9.21. The fourth-order valence-corrected chi connectivity index (χ4v) is 3.69. The number of hydrogen-bond donors (Lipinski definition) is 1. The van der Waals surface area contributed by atoms with Gasteiger partial charge in [-0.15, -0.1) is 11.3 Å². The van der Waals surface area contributed by atoms with Gasteiger partial charge in [-0.05, 0) is 25.8 Å². The lowest BCUT2D eigenvalue weighted by Gasteiger charge is -2.21. The molecule has 4 heteroatoms. The molecule has 1 aromatic heterocycles. The summed E-state index contributed by atoms with van der Waals surface area (Å²) in [4.78, 5) is 8.86. The second-order valence-electron chi connectivity index (χ2n) is 6.68. The topological polar surface area (TPSA) is 28.2 Å². The minimum Gasteiger partial charge on any atom is -0.348 e. The van der Waals surface area contributed by atoms with Crippen molar-refractivity contribution in [3.05, 3.63) is 10.6 Å². The van der Waals surface area contributed by atoms with Crippen molar-refractivity contribution in [1.82, 2.24) is 10.3 Å². The molecule has 122 valence electrons. The second kappa shape index (κ2) is 8.74. The second-order valence-corrected chi connectivity index (χ2v) is 7.74. The lowest BCUT2D eigenvalue weighted by molar-refractivity contribution is 0.558. The van der Waals surface area contributed by atoms with Crippen molar-refractivity contribution >= 4 is 16.5 Å². The van der Waals surface area contributed by atoms with Gasteiger partial charge in [0.25, 0.3) is 0 Å². The molecule has 0 amide bonds. The highest BCUT2D eigenvalue weighted by molar-refractivity contribution is 7.15. The molecule has 0 saturated carbocycles. The zero-order chi connectivity index (χ0) is 15.9. The molecule has 1 heterocycles. The molecule has 0 aliphatic carbocycles. The molecule has 0 atom stereocenters. The third-order valence-electron chi connectivity index (χ3n) is 3.37. The molecule has 0 fully saturated rings. The van der Waals surface area contributed by atoms with Crippen LogP contribution in [0.15, 0.2) is 0 Å². The van der Waals surface area contributed by atoms with Gasteiger partial charge in [0.15, 0.2) is 5.13 Å². The van der Waals surface area contributed by atoms with Crippen LogP contribution in [-0.2, 0) is 12.0 Å². The number of rotatable bonds is 9. The predicted octanol–water partition coefficient (Wildman–Crippen LogP) is 4.57. The zero-order valence-electron chi connectivity index (χ0n) is 14.8. The smallest absolute Gasteiger partial charge is 0.185 e. The Kier molecular flexibility index (Phi) is 7.67. The SMILES string of the molecule is CCCNCc1sc(N(CCC)CCC)nc1C(C)(C)C. The number of aromatic nitrogens is 1. The van der Waals surface area contributed by atoms with Crippen LogP contribution in [0, 0.1) is 0 Å². The first kappa shape index (κ1) is 18.4. The quantitative estimate of drug-likeness (QED) is 0.677. The molecular formula is C17H33N3S. The average Bonchev–Trinajstić information content (AvgIpc) is 2.83. The number of nitrogens with one attached hydrogen (secondary N) is 1. The molecule has 3 nitrogen and oxygen atoms in total. The average molecular weight is 312 g/mol. The van der Waals surface area contributed by atoms with Crippen molar-refractivity contribution in [2.24, 2.45) is 0 Å². The van der Waals surface area contributed by atoms with Gasteiger partial charge in [-0.1, -0.05) is 41.5 Å². The lowest BCUT2D eigenvalue weighted by Crippen LogP contribution is -2.25. The Morgan fingerprint density at radius 2 is 1.67 bits per heavy atom. The number of nitrogens with zero attached hydrogens (tertiary/aromatic N) is 2. The minimum atomic E-state index is 0.113. The fraction of sp³-hybridized carbons (Fsp3) is 0.824. The van der Waals surface area contributed by atoms with Crippen LogP contribution in [0.5, 0.6) is 0 Å². The zero-order valence-corrected chi connectivity index (χ0v) is 15.6. The van der Waals surface area contributed by atoms with E-state index in [1.807, 2.05) is 11.3 Å². The van der Waals surface area contributed by atoms with Gasteiger partial charge in [-0.25, -0.2) is 4.98 Å². The maximum atomic E-state index is 5.00. The van der Waals surface area contributed by atoms with E-state index in [0.717, 1.165) is 26.2 Å². The number of hydrogen-bond acceptors (Lipinski definition) is 4. The van der Waals surface area contributed by atoms with Crippen molar-refractivity contribution in [1.29, 1.82) is 0 Å². The van der Waals surface area contributed by atoms with Crippen LogP contribution >= 0.6 is 11.3 Å². The molecule has 1 N–H and O–H groups in total. The monoisotopic (exact) mass is 311 g/mol. The van der Waals surface area contributed by atoms with Gasteiger partial charge in [0.05, 0.1) is 5.69 Å². The molecule has 0 aliphatic rings. The highest BCUT2D eigenvalue weighted by Crippen LogP contribution is 2.34. The van der Waals surface area contributed by atoms with Gasteiger partial charge in [0.1, 0.15) is 0 Å². The maximum absolute atomic E-state index is 5.00. The Balaban J connectivity index is 2.99. The Morgan fingerprint density at radius 1 is 1.05 bits per heavy atom. The van der Waals surface area contributed by atoms with Crippen LogP contribution in [0.4, 0.5) is 5.13 Å². The lowest BCUT2D eigenvalue weighted by atomic mass is 9.91. The van der Waals surface area contributed by atoms with E-state index in [2.05, 4.69) is 51.8 Å². The van der Waals surface area contributed by atoms with Crippen LogP contribution in [0.2, 0.25) is 0 Å². The van der Waals surface area contributed by atoms with Gasteiger partial charge >= 0.3 is 0 Å². The molecule has 1 aromatic rings. The third kappa shape index (κ3) is 5.59. The molecule has 21 heavy (non-hydrogen) atoms. The van der Waals surface area contributed by atoms with E-state index in [1.54, 1.807) is 0 Å². The molecule has 0 aromatic carbocycles. The van der Waals surface area contributed by atoms with Crippen molar-refractivity contribution in [3.63, 3.8) is 0 Å². The Labute approximate surface area is 135 Å². The predicted molar refractivity (Wildman–Crippen MR) is 95.6 cm³/mol. The van der Waals surface area contributed by atoms with Crippen LogP contribution in [0.1, 0.15) is 71.4 Å². The molecule has 0 unspecified atom stereocenters. The molecule has 0 radical (unpaired) electrons. The third-order valence-corrected chi connectivity index (χ3v) is 4.48. The van der Waals surface area contributed by atoms with Gasteiger partial charge in [-0.2, -0.15) is 0 Å². The fourth-order valence-electron chi connectivity index (χ4n) is 2.40. The number of thiazole rings is 1. The summed E-state index contributed by atoms with van der Waals surface area (Å²) in [5, 5.41) is 4.74. The van der Waals surface area contributed by atoms with Crippen LogP contribution < -0.4 is 10.2 Å². The summed E-state index contributed by atoms with van der Waals surface area (Å²) in [7, 11) is 0. The largest absolute Gasteiger partial charge is 0.348 e. The van der Waals surface area contributed by atoms with Crippen molar-refractivity contribution in [3.8, 4) is 0 Å².